The zero-order valence-electron chi connectivity index (χ0n) is 14.8. The SMILES string of the molecule is O=C(COc1ccccc1)NN1C(=O)c2cccc3c([N+](=O)[O-])ccc(c23)C1=O. The van der Waals surface area contributed by atoms with Crippen molar-refractivity contribution >= 4 is 34.2 Å². The minimum atomic E-state index is -0.776. The predicted molar refractivity (Wildman–Crippen MR) is 101 cm³/mol. The smallest absolute Gasteiger partial charge is 0.280 e. The highest BCUT2D eigenvalue weighted by molar-refractivity contribution is 6.26. The van der Waals surface area contributed by atoms with Crippen molar-refractivity contribution in [3.8, 4) is 5.75 Å². The van der Waals surface area contributed by atoms with Gasteiger partial charge in [0.1, 0.15) is 5.75 Å². The summed E-state index contributed by atoms with van der Waals surface area (Å²) in [5, 5.41) is 12.2. The van der Waals surface area contributed by atoms with Gasteiger partial charge < -0.3 is 4.74 Å². The van der Waals surface area contributed by atoms with Crippen LogP contribution in [0.5, 0.6) is 5.75 Å². The van der Waals surface area contributed by atoms with Gasteiger partial charge in [0.2, 0.25) is 0 Å². The number of hydrogen-bond donors (Lipinski definition) is 1. The van der Waals surface area contributed by atoms with E-state index >= 15 is 0 Å². The van der Waals surface area contributed by atoms with Gasteiger partial charge in [0, 0.05) is 11.5 Å². The van der Waals surface area contributed by atoms with Crippen LogP contribution in [0.3, 0.4) is 0 Å². The number of non-ortho nitro benzene ring substituents is 1. The Hall–Kier alpha value is -4.27. The van der Waals surface area contributed by atoms with E-state index in [-0.39, 0.29) is 27.6 Å². The number of para-hydroxylation sites is 1. The number of nitrogens with one attached hydrogen (secondary N) is 1. The molecule has 29 heavy (non-hydrogen) atoms. The van der Waals surface area contributed by atoms with Gasteiger partial charge in [-0.25, -0.2) is 0 Å². The van der Waals surface area contributed by atoms with E-state index in [4.69, 9.17) is 4.74 Å². The lowest BCUT2D eigenvalue weighted by Crippen LogP contribution is -2.52. The molecular formula is C20H13N3O6. The monoisotopic (exact) mass is 391 g/mol. The van der Waals surface area contributed by atoms with E-state index in [1.165, 1.54) is 30.3 Å². The molecule has 0 aromatic heterocycles. The Morgan fingerprint density at radius 2 is 1.66 bits per heavy atom. The van der Waals surface area contributed by atoms with E-state index in [0.29, 0.717) is 10.8 Å². The molecule has 0 saturated heterocycles. The number of ether oxygens (including phenoxy) is 1. The number of hydrogen-bond acceptors (Lipinski definition) is 6. The van der Waals surface area contributed by atoms with Crippen LogP contribution in [0, 0.1) is 10.1 Å². The van der Waals surface area contributed by atoms with Crippen LogP contribution in [0.4, 0.5) is 5.69 Å². The molecule has 3 aromatic rings. The molecule has 3 amide bonds. The van der Waals surface area contributed by atoms with Crippen LogP contribution in [0.2, 0.25) is 0 Å². The summed E-state index contributed by atoms with van der Waals surface area (Å²) in [7, 11) is 0. The lowest BCUT2D eigenvalue weighted by atomic mass is 9.94. The van der Waals surface area contributed by atoms with Crippen molar-refractivity contribution < 1.29 is 24.0 Å². The van der Waals surface area contributed by atoms with Crippen molar-refractivity contribution in [2.45, 2.75) is 0 Å². The zero-order chi connectivity index (χ0) is 20.5. The van der Waals surface area contributed by atoms with Crippen molar-refractivity contribution in [2.24, 2.45) is 0 Å². The Kier molecular flexibility index (Phi) is 4.40. The fourth-order valence-electron chi connectivity index (χ4n) is 3.16. The number of imide groups is 1. The van der Waals surface area contributed by atoms with Crippen molar-refractivity contribution in [2.75, 3.05) is 6.61 Å². The number of amides is 3. The summed E-state index contributed by atoms with van der Waals surface area (Å²) < 4.78 is 5.31. The van der Waals surface area contributed by atoms with Crippen molar-refractivity contribution in [3.63, 3.8) is 0 Å². The Bertz CT molecular complexity index is 1150. The molecule has 144 valence electrons. The van der Waals surface area contributed by atoms with Gasteiger partial charge in [0.05, 0.1) is 21.4 Å². The molecule has 1 aliphatic heterocycles. The second kappa shape index (κ2) is 7.04. The van der Waals surface area contributed by atoms with E-state index in [2.05, 4.69) is 5.43 Å². The molecule has 0 aliphatic carbocycles. The number of nitro benzene ring substituents is 1. The predicted octanol–water partition coefficient (Wildman–Crippen LogP) is 2.45. The maximum atomic E-state index is 12.8. The number of rotatable bonds is 5. The third-order valence-electron chi connectivity index (χ3n) is 4.43. The average Bonchev–Trinajstić information content (AvgIpc) is 2.73. The summed E-state index contributed by atoms with van der Waals surface area (Å²) in [5.74, 6) is -1.79. The lowest BCUT2D eigenvalue weighted by Gasteiger charge is -2.27. The fourth-order valence-corrected chi connectivity index (χ4v) is 3.16. The summed E-state index contributed by atoms with van der Waals surface area (Å²) in [6.45, 7) is -0.404. The molecular weight excluding hydrogens is 378 g/mol. The van der Waals surface area contributed by atoms with Crippen molar-refractivity contribution in [1.82, 2.24) is 10.4 Å². The molecule has 0 bridgehead atoms. The Morgan fingerprint density at radius 3 is 2.34 bits per heavy atom. The summed E-state index contributed by atoms with van der Waals surface area (Å²) in [4.78, 5) is 48.5. The van der Waals surface area contributed by atoms with Crippen LogP contribution in [-0.4, -0.2) is 34.3 Å². The first-order valence-corrected chi connectivity index (χ1v) is 8.53. The number of carbonyl (C=O) groups excluding carboxylic acids is 3. The second-order valence-corrected chi connectivity index (χ2v) is 6.20. The third-order valence-corrected chi connectivity index (χ3v) is 4.43. The highest BCUT2D eigenvalue weighted by Crippen LogP contribution is 2.34. The molecule has 0 atom stereocenters. The second-order valence-electron chi connectivity index (χ2n) is 6.20. The van der Waals surface area contributed by atoms with Gasteiger partial charge >= 0.3 is 0 Å². The van der Waals surface area contributed by atoms with Crippen LogP contribution in [0.15, 0.2) is 60.7 Å². The molecule has 3 aromatic carbocycles. The minimum absolute atomic E-state index is 0.0880. The van der Waals surface area contributed by atoms with E-state index in [9.17, 15) is 24.5 Å². The maximum Gasteiger partial charge on any atom is 0.280 e. The number of hydrazine groups is 1. The topological polar surface area (TPSA) is 119 Å². The highest BCUT2D eigenvalue weighted by atomic mass is 16.6. The molecule has 4 rings (SSSR count). The Labute approximate surface area is 163 Å². The van der Waals surface area contributed by atoms with E-state index < -0.39 is 29.3 Å². The fraction of sp³-hybridized carbons (Fsp3) is 0.0500. The Morgan fingerprint density at radius 1 is 0.966 bits per heavy atom. The van der Waals surface area contributed by atoms with Gasteiger partial charge in [-0.1, -0.05) is 24.3 Å². The molecule has 1 aliphatic rings. The first kappa shape index (κ1) is 18.1. The maximum absolute atomic E-state index is 12.8. The highest BCUT2D eigenvalue weighted by Gasteiger charge is 2.35. The van der Waals surface area contributed by atoms with Crippen LogP contribution < -0.4 is 10.2 Å². The molecule has 1 N–H and O–H groups in total. The van der Waals surface area contributed by atoms with Gasteiger partial charge in [-0.05, 0) is 30.3 Å². The summed E-state index contributed by atoms with van der Waals surface area (Å²) in [6.07, 6.45) is 0. The number of nitro groups is 1. The van der Waals surface area contributed by atoms with Crippen LogP contribution in [0.25, 0.3) is 10.8 Å². The molecule has 0 fully saturated rings. The number of carbonyl (C=O) groups is 3. The molecule has 0 spiro atoms. The van der Waals surface area contributed by atoms with Gasteiger partial charge in [-0.15, -0.1) is 0 Å². The first-order chi connectivity index (χ1) is 14.0. The van der Waals surface area contributed by atoms with Gasteiger partial charge in [0.25, 0.3) is 23.4 Å². The molecule has 0 unspecified atom stereocenters. The first-order valence-electron chi connectivity index (χ1n) is 8.53. The van der Waals surface area contributed by atoms with Gasteiger partial charge in [-0.3, -0.25) is 29.9 Å². The van der Waals surface area contributed by atoms with Gasteiger partial charge in [0.15, 0.2) is 6.61 Å². The third kappa shape index (κ3) is 3.14. The molecule has 0 radical (unpaired) electrons. The molecule has 0 saturated carbocycles. The molecule has 9 nitrogen and oxygen atoms in total. The van der Waals surface area contributed by atoms with Crippen molar-refractivity contribution in [1.29, 1.82) is 0 Å². The quantitative estimate of drug-likeness (QED) is 0.405. The van der Waals surface area contributed by atoms with E-state index in [1.54, 1.807) is 30.3 Å². The molecule has 1 heterocycles. The van der Waals surface area contributed by atoms with Crippen LogP contribution >= 0.6 is 0 Å². The minimum Gasteiger partial charge on any atom is -0.484 e. The number of benzene rings is 3. The lowest BCUT2D eigenvalue weighted by molar-refractivity contribution is -0.383. The van der Waals surface area contributed by atoms with Crippen molar-refractivity contribution in [3.05, 3.63) is 81.9 Å². The normalized spacial score (nSPS) is 12.8. The summed E-state index contributed by atoms with van der Waals surface area (Å²) in [6, 6.07) is 15.5. The van der Waals surface area contributed by atoms with Crippen LogP contribution in [-0.2, 0) is 4.79 Å². The summed E-state index contributed by atoms with van der Waals surface area (Å²) >= 11 is 0. The standard InChI is InChI=1S/C20H13N3O6/c24-17(11-29-12-5-2-1-3-6-12)21-22-19(25)14-8-4-7-13-16(23(27)28)10-9-15(18(13)14)20(22)26/h1-10H,11H2,(H,21,24). The van der Waals surface area contributed by atoms with Crippen LogP contribution in [0.1, 0.15) is 20.7 Å². The van der Waals surface area contributed by atoms with E-state index in [1.807, 2.05) is 0 Å². The average molecular weight is 391 g/mol. The summed E-state index contributed by atoms with van der Waals surface area (Å²) in [5.41, 5.74) is 2.21. The van der Waals surface area contributed by atoms with Gasteiger partial charge in [-0.2, -0.15) is 5.01 Å². The molecule has 9 heteroatoms. The number of nitrogens with zero attached hydrogens (tertiary/aromatic N) is 2. The van der Waals surface area contributed by atoms with E-state index in [0.717, 1.165) is 0 Å². The Balaban J connectivity index is 1.62. The zero-order valence-corrected chi connectivity index (χ0v) is 14.8. The largest absolute Gasteiger partial charge is 0.484 e.